The zero-order valence-corrected chi connectivity index (χ0v) is 7.24. The Morgan fingerprint density at radius 2 is 1.58 bits per heavy atom. The van der Waals surface area contributed by atoms with Crippen molar-refractivity contribution in [1.82, 2.24) is 0 Å². The van der Waals surface area contributed by atoms with Crippen LogP contribution < -0.4 is 0 Å². The number of fused-ring (bicyclic) bond motifs is 1. The Kier molecular flexibility index (Phi) is 1.31. The molecule has 2 aliphatic rings. The van der Waals surface area contributed by atoms with E-state index in [-0.39, 0.29) is 0 Å². The molecule has 2 aliphatic carbocycles. The van der Waals surface area contributed by atoms with Crippen molar-refractivity contribution in [2.75, 3.05) is 0 Å². The first-order chi connectivity index (χ1) is 5.97. The first kappa shape index (κ1) is 6.71. The van der Waals surface area contributed by atoms with Gasteiger partial charge in [0.1, 0.15) is 0 Å². The molecule has 3 rings (SSSR count). The van der Waals surface area contributed by atoms with Crippen molar-refractivity contribution in [3.8, 4) is 0 Å². The molecule has 62 valence electrons. The molecule has 0 heteroatoms. The van der Waals surface area contributed by atoms with Crippen molar-refractivity contribution < 1.29 is 0 Å². The van der Waals surface area contributed by atoms with E-state index >= 15 is 0 Å². The molecule has 3 atom stereocenters. The van der Waals surface area contributed by atoms with Crippen molar-refractivity contribution in [2.24, 2.45) is 11.8 Å². The van der Waals surface area contributed by atoms with Crippen LogP contribution in [0.4, 0.5) is 0 Å². The van der Waals surface area contributed by atoms with E-state index in [1.807, 2.05) is 0 Å². The first-order valence-electron chi connectivity index (χ1n) is 5.02. The molecule has 2 fully saturated rings. The van der Waals surface area contributed by atoms with Crippen LogP contribution in [-0.2, 0) is 0 Å². The Hall–Kier alpha value is -0.780. The summed E-state index contributed by atoms with van der Waals surface area (Å²) in [7, 11) is 0. The van der Waals surface area contributed by atoms with E-state index in [0.29, 0.717) is 0 Å². The maximum absolute atomic E-state index is 2.29. The van der Waals surface area contributed by atoms with Gasteiger partial charge in [-0.25, -0.2) is 0 Å². The molecule has 0 N–H and O–H groups in total. The molecular weight excluding hydrogens is 144 g/mol. The van der Waals surface area contributed by atoms with Gasteiger partial charge in [-0.05, 0) is 36.2 Å². The molecule has 0 amide bonds. The smallest absolute Gasteiger partial charge is 0.00995 e. The van der Waals surface area contributed by atoms with Crippen molar-refractivity contribution in [1.29, 1.82) is 0 Å². The largest absolute Gasteiger partial charge is 0.0622 e. The van der Waals surface area contributed by atoms with Crippen LogP contribution in [0, 0.1) is 11.8 Å². The highest BCUT2D eigenvalue weighted by Gasteiger charge is 2.52. The molecule has 0 aromatic heterocycles. The summed E-state index contributed by atoms with van der Waals surface area (Å²) >= 11 is 0. The van der Waals surface area contributed by atoms with Gasteiger partial charge in [-0.2, -0.15) is 0 Å². The molecule has 1 unspecified atom stereocenters. The van der Waals surface area contributed by atoms with Gasteiger partial charge in [0.05, 0.1) is 0 Å². The highest BCUT2D eigenvalue weighted by molar-refractivity contribution is 5.29. The van der Waals surface area contributed by atoms with Crippen LogP contribution in [0.1, 0.15) is 30.7 Å². The number of hydrogen-bond donors (Lipinski definition) is 0. The summed E-state index contributed by atoms with van der Waals surface area (Å²) in [6.45, 7) is 0. The summed E-state index contributed by atoms with van der Waals surface area (Å²) in [5, 5.41) is 0. The topological polar surface area (TPSA) is 0 Å². The van der Waals surface area contributed by atoms with E-state index in [0.717, 1.165) is 17.8 Å². The monoisotopic (exact) mass is 158 g/mol. The predicted octanol–water partition coefficient (Wildman–Crippen LogP) is 3.20. The average Bonchev–Trinajstić information content (AvgIpc) is 2.62. The summed E-state index contributed by atoms with van der Waals surface area (Å²) < 4.78 is 0. The highest BCUT2D eigenvalue weighted by Crippen LogP contribution is 2.62. The normalized spacial score (nSPS) is 37.8. The molecule has 0 bridgehead atoms. The molecule has 0 radical (unpaired) electrons. The lowest BCUT2D eigenvalue weighted by molar-refractivity contribution is 0.682. The predicted molar refractivity (Wildman–Crippen MR) is 50.0 cm³/mol. The SMILES string of the molecule is c1ccc(C2[C@H]3CCC[C@@H]23)cc1. The lowest BCUT2D eigenvalue weighted by Crippen LogP contribution is -1.85. The van der Waals surface area contributed by atoms with Crippen LogP contribution in [0.3, 0.4) is 0 Å². The van der Waals surface area contributed by atoms with Crippen molar-refractivity contribution in [3.63, 3.8) is 0 Å². The van der Waals surface area contributed by atoms with Gasteiger partial charge in [-0.3, -0.25) is 0 Å². The second-order valence-electron chi connectivity index (χ2n) is 4.20. The molecular formula is C12H14. The van der Waals surface area contributed by atoms with Crippen LogP contribution in [0.2, 0.25) is 0 Å². The van der Waals surface area contributed by atoms with Gasteiger partial charge in [0.25, 0.3) is 0 Å². The molecule has 0 heterocycles. The third-order valence-corrected chi connectivity index (χ3v) is 3.59. The van der Waals surface area contributed by atoms with Crippen LogP contribution in [0.15, 0.2) is 30.3 Å². The third kappa shape index (κ3) is 0.841. The van der Waals surface area contributed by atoms with Crippen LogP contribution in [-0.4, -0.2) is 0 Å². The zero-order chi connectivity index (χ0) is 7.97. The lowest BCUT2D eigenvalue weighted by atomic mass is 10.0. The summed E-state index contributed by atoms with van der Waals surface area (Å²) in [6.07, 6.45) is 4.47. The summed E-state index contributed by atoms with van der Waals surface area (Å²) in [5.74, 6) is 3.07. The van der Waals surface area contributed by atoms with Crippen molar-refractivity contribution >= 4 is 0 Å². The average molecular weight is 158 g/mol. The van der Waals surface area contributed by atoms with E-state index < -0.39 is 0 Å². The van der Waals surface area contributed by atoms with E-state index in [1.54, 1.807) is 5.56 Å². The second kappa shape index (κ2) is 2.35. The minimum absolute atomic E-state index is 0.944. The Morgan fingerprint density at radius 3 is 2.25 bits per heavy atom. The Morgan fingerprint density at radius 1 is 0.917 bits per heavy atom. The maximum Gasteiger partial charge on any atom is -0.00995 e. The summed E-state index contributed by atoms with van der Waals surface area (Å²) in [5.41, 5.74) is 1.59. The van der Waals surface area contributed by atoms with Crippen LogP contribution >= 0.6 is 0 Å². The second-order valence-corrected chi connectivity index (χ2v) is 4.20. The Balaban J connectivity index is 1.85. The molecule has 0 aliphatic heterocycles. The number of benzene rings is 1. The van der Waals surface area contributed by atoms with Crippen LogP contribution in [0.25, 0.3) is 0 Å². The van der Waals surface area contributed by atoms with Gasteiger partial charge in [0.2, 0.25) is 0 Å². The van der Waals surface area contributed by atoms with Gasteiger partial charge in [0, 0.05) is 0 Å². The molecule has 2 saturated carbocycles. The quantitative estimate of drug-likeness (QED) is 0.588. The third-order valence-electron chi connectivity index (χ3n) is 3.59. The first-order valence-corrected chi connectivity index (χ1v) is 5.02. The summed E-state index contributed by atoms with van der Waals surface area (Å²) in [4.78, 5) is 0. The van der Waals surface area contributed by atoms with Gasteiger partial charge >= 0.3 is 0 Å². The fourth-order valence-corrected chi connectivity index (χ4v) is 2.99. The lowest BCUT2D eigenvalue weighted by Gasteiger charge is -2.01. The van der Waals surface area contributed by atoms with Gasteiger partial charge in [0.15, 0.2) is 0 Å². The molecule has 1 aromatic carbocycles. The highest BCUT2D eigenvalue weighted by atomic mass is 14.6. The zero-order valence-electron chi connectivity index (χ0n) is 7.24. The molecule has 12 heavy (non-hydrogen) atoms. The molecule has 1 aromatic rings. The van der Waals surface area contributed by atoms with Crippen LogP contribution in [0.5, 0.6) is 0 Å². The van der Waals surface area contributed by atoms with Crippen molar-refractivity contribution in [2.45, 2.75) is 25.2 Å². The fraction of sp³-hybridized carbons (Fsp3) is 0.500. The van der Waals surface area contributed by atoms with E-state index in [4.69, 9.17) is 0 Å². The van der Waals surface area contributed by atoms with E-state index in [9.17, 15) is 0 Å². The van der Waals surface area contributed by atoms with Crippen molar-refractivity contribution in [3.05, 3.63) is 35.9 Å². The van der Waals surface area contributed by atoms with E-state index in [2.05, 4.69) is 30.3 Å². The van der Waals surface area contributed by atoms with Gasteiger partial charge in [-0.1, -0.05) is 36.8 Å². The van der Waals surface area contributed by atoms with Gasteiger partial charge < -0.3 is 0 Å². The molecule has 0 saturated heterocycles. The summed E-state index contributed by atoms with van der Waals surface area (Å²) in [6, 6.07) is 11.0. The molecule has 0 spiro atoms. The Labute approximate surface area is 73.6 Å². The maximum atomic E-state index is 2.29. The number of hydrogen-bond acceptors (Lipinski definition) is 0. The fourth-order valence-electron chi connectivity index (χ4n) is 2.99. The molecule has 0 nitrogen and oxygen atoms in total. The standard InChI is InChI=1S/C12H14/c1-2-5-9(6-3-1)12-10-7-4-8-11(10)12/h1-3,5-6,10-12H,4,7-8H2/t10-,11+,12?. The van der Waals surface area contributed by atoms with Gasteiger partial charge in [-0.15, -0.1) is 0 Å². The minimum atomic E-state index is 0.944. The minimum Gasteiger partial charge on any atom is -0.0622 e. The number of rotatable bonds is 1. The van der Waals surface area contributed by atoms with E-state index in [1.165, 1.54) is 19.3 Å². The Bertz CT molecular complexity index is 265.